The van der Waals surface area contributed by atoms with E-state index in [1.165, 1.54) is 173 Å². The molecule has 0 radical (unpaired) electrons. The zero-order valence-electron chi connectivity index (χ0n) is 55.0. The molecule has 1 amide bonds. The molecule has 506 valence electrons. The van der Waals surface area contributed by atoms with Crippen LogP contribution in [0.2, 0.25) is 0 Å². The molecule has 87 heavy (non-hydrogen) atoms. The average molecular weight is 1230 g/mol. The molecule has 2 aliphatic rings. The molecule has 2 rings (SSSR count). The van der Waals surface area contributed by atoms with Gasteiger partial charge in [-0.25, -0.2) is 0 Å². The summed E-state index contributed by atoms with van der Waals surface area (Å²) < 4.78 is 22.9. The van der Waals surface area contributed by atoms with Crippen molar-refractivity contribution in [1.82, 2.24) is 5.32 Å². The predicted molar refractivity (Wildman–Crippen MR) is 355 cm³/mol. The summed E-state index contributed by atoms with van der Waals surface area (Å²) in [4.78, 5) is 13.3. The summed E-state index contributed by atoms with van der Waals surface area (Å²) >= 11 is 0. The largest absolute Gasteiger partial charge is 0.394 e. The minimum atomic E-state index is -1.78. The molecule has 2 saturated heterocycles. The van der Waals surface area contributed by atoms with Crippen molar-refractivity contribution in [2.75, 3.05) is 19.8 Å². The monoisotopic (exact) mass is 1230 g/mol. The van der Waals surface area contributed by atoms with Crippen molar-refractivity contribution >= 4 is 5.91 Å². The second-order valence-corrected chi connectivity index (χ2v) is 25.0. The Balaban J connectivity index is 1.56. The number of rotatable bonds is 58. The normalized spacial score (nSPS) is 23.7. The molecule has 2 heterocycles. The number of amides is 1. The number of unbranched alkanes of at least 4 members (excludes halogenated alkanes) is 33. The van der Waals surface area contributed by atoms with E-state index < -0.39 is 86.8 Å². The second-order valence-electron chi connectivity index (χ2n) is 25.0. The van der Waals surface area contributed by atoms with E-state index in [1.54, 1.807) is 0 Å². The lowest BCUT2D eigenvalue weighted by Gasteiger charge is -2.46. The topological polar surface area (TPSA) is 228 Å². The number of hydrogen-bond acceptors (Lipinski definition) is 13. The highest BCUT2D eigenvalue weighted by atomic mass is 16.7. The van der Waals surface area contributed by atoms with Crippen LogP contribution in [0.5, 0.6) is 0 Å². The third kappa shape index (κ3) is 41.5. The third-order valence-corrected chi connectivity index (χ3v) is 17.2. The van der Waals surface area contributed by atoms with Gasteiger partial charge in [0, 0.05) is 6.42 Å². The summed E-state index contributed by atoms with van der Waals surface area (Å²) in [6.45, 7) is 2.76. The smallest absolute Gasteiger partial charge is 0.220 e. The molecule has 0 aromatic heterocycles. The van der Waals surface area contributed by atoms with E-state index in [0.29, 0.717) is 12.8 Å². The van der Waals surface area contributed by atoms with E-state index >= 15 is 0 Å². The molecule has 12 unspecified atom stereocenters. The number of carbonyl (C=O) groups excluding carboxylic acids is 1. The number of ether oxygens (including phenoxy) is 4. The highest BCUT2D eigenvalue weighted by Gasteiger charge is 2.51. The summed E-state index contributed by atoms with van der Waals surface area (Å²) in [5, 5.41) is 87.5. The highest BCUT2D eigenvalue weighted by molar-refractivity contribution is 5.76. The molecule has 14 heteroatoms. The van der Waals surface area contributed by atoms with Crippen LogP contribution in [0.1, 0.15) is 290 Å². The summed E-state index contributed by atoms with van der Waals surface area (Å²) in [5.41, 5.74) is 0. The van der Waals surface area contributed by atoms with Gasteiger partial charge in [-0.1, -0.05) is 292 Å². The van der Waals surface area contributed by atoms with Crippen LogP contribution >= 0.6 is 0 Å². The maximum absolute atomic E-state index is 13.3. The molecule has 14 nitrogen and oxygen atoms in total. The molecule has 9 N–H and O–H groups in total. The summed E-state index contributed by atoms with van der Waals surface area (Å²) in [7, 11) is 0. The van der Waals surface area contributed by atoms with Crippen molar-refractivity contribution in [1.29, 1.82) is 0 Å². The maximum Gasteiger partial charge on any atom is 0.220 e. The summed E-state index contributed by atoms with van der Waals surface area (Å²) in [6.07, 6.45) is 60.8. The van der Waals surface area contributed by atoms with Crippen molar-refractivity contribution in [2.24, 2.45) is 0 Å². The predicted octanol–water partition coefficient (Wildman–Crippen LogP) is 14.6. The lowest BCUT2D eigenvalue weighted by Crippen LogP contribution is -2.65. The van der Waals surface area contributed by atoms with Gasteiger partial charge < -0.3 is 65.1 Å². The minimum absolute atomic E-state index is 0.204. The van der Waals surface area contributed by atoms with Crippen LogP contribution in [0.3, 0.4) is 0 Å². The number of carbonyl (C=O) groups is 1. The van der Waals surface area contributed by atoms with Gasteiger partial charge in [-0.15, -0.1) is 0 Å². The first-order valence-electron chi connectivity index (χ1n) is 35.7. The Labute approximate surface area is 529 Å². The Morgan fingerprint density at radius 1 is 0.425 bits per heavy atom. The molecule has 12 atom stereocenters. The van der Waals surface area contributed by atoms with E-state index in [9.17, 15) is 45.6 Å². The number of nitrogens with one attached hydrogen (secondary N) is 1. The minimum Gasteiger partial charge on any atom is -0.394 e. The van der Waals surface area contributed by atoms with E-state index in [0.717, 1.165) is 89.9 Å². The summed E-state index contributed by atoms with van der Waals surface area (Å²) in [5.74, 6) is -0.204. The van der Waals surface area contributed by atoms with Crippen molar-refractivity contribution in [3.63, 3.8) is 0 Å². The Bertz CT molecular complexity index is 1740. The average Bonchev–Trinajstić information content (AvgIpc) is 2.05. The number of aliphatic hydroxyl groups is 8. The van der Waals surface area contributed by atoms with Crippen molar-refractivity contribution in [3.8, 4) is 0 Å². The standard InChI is InChI=1S/C73H131NO13/c1-3-5-7-9-11-13-15-17-19-20-21-22-23-24-25-26-27-28-29-30-31-32-33-34-35-36-37-38-39-40-41-42-43-45-47-49-51-53-55-57-65(78)74-61(62(77)56-54-52-50-48-46-44-18-16-14-12-10-8-6-4-2)60-84-72-70(83)68(81)71(64(59-76)86-72)87-73-69(82)67(80)66(79)63(58-75)85-73/h5,7,11,13,17,19,21-22,24-25,27-28,61-64,66-73,75-77,79-83H,3-4,6,8-10,12,14-16,18,20,23,26,29-60H2,1-2H3,(H,74,78)/b7-5-,13-11-,19-17-,22-21-,25-24-,28-27-. The van der Waals surface area contributed by atoms with Gasteiger partial charge in [0.25, 0.3) is 0 Å². The number of hydrogen-bond donors (Lipinski definition) is 9. The lowest BCUT2D eigenvalue weighted by molar-refractivity contribution is -0.359. The molecule has 2 aliphatic heterocycles. The van der Waals surface area contributed by atoms with Crippen molar-refractivity contribution in [3.05, 3.63) is 72.9 Å². The molecule has 0 saturated carbocycles. The second kappa shape index (κ2) is 57.3. The molecule has 0 aromatic rings. The van der Waals surface area contributed by atoms with Gasteiger partial charge in [-0.05, 0) is 64.2 Å². The van der Waals surface area contributed by atoms with Gasteiger partial charge >= 0.3 is 0 Å². The van der Waals surface area contributed by atoms with Crippen LogP contribution in [0, 0.1) is 0 Å². The Morgan fingerprint density at radius 3 is 1.22 bits per heavy atom. The zero-order chi connectivity index (χ0) is 63.1. The van der Waals surface area contributed by atoms with E-state index in [1.807, 2.05) is 0 Å². The van der Waals surface area contributed by atoms with Crippen LogP contribution in [-0.2, 0) is 23.7 Å². The SMILES string of the molecule is CC/C=C\C/C=C\C/C=C\C/C=C\C/C=C\C/C=C\CCCCCCCCCCCCCCCCCCCCCCC(=O)NC(COC1OC(CO)C(OC2OC(CO)C(O)C(O)C2O)C(O)C1O)C(O)CCCCCCCCCCCCCCCC. The molecule has 0 aliphatic carbocycles. The van der Waals surface area contributed by atoms with E-state index in [2.05, 4.69) is 92.1 Å². The molecule has 0 aromatic carbocycles. The van der Waals surface area contributed by atoms with Crippen LogP contribution in [-0.4, -0.2) is 140 Å². The van der Waals surface area contributed by atoms with Crippen LogP contribution in [0.4, 0.5) is 0 Å². The lowest BCUT2D eigenvalue weighted by atomic mass is 9.97. The number of allylic oxidation sites excluding steroid dienone is 12. The highest BCUT2D eigenvalue weighted by Crippen LogP contribution is 2.30. The Morgan fingerprint density at radius 2 is 0.793 bits per heavy atom. The van der Waals surface area contributed by atoms with E-state index in [4.69, 9.17) is 18.9 Å². The van der Waals surface area contributed by atoms with Crippen molar-refractivity contribution < 1.29 is 64.6 Å². The molecular formula is C73H131NO13. The third-order valence-electron chi connectivity index (χ3n) is 17.2. The maximum atomic E-state index is 13.3. The van der Waals surface area contributed by atoms with E-state index in [-0.39, 0.29) is 12.5 Å². The van der Waals surface area contributed by atoms with Gasteiger partial charge in [0.15, 0.2) is 12.6 Å². The summed E-state index contributed by atoms with van der Waals surface area (Å²) in [6, 6.07) is -0.829. The molecule has 0 bridgehead atoms. The first kappa shape index (κ1) is 80.5. The quantitative estimate of drug-likeness (QED) is 0.0204. The molecule has 0 spiro atoms. The number of aliphatic hydroxyl groups excluding tert-OH is 8. The Kier molecular flexibility index (Phi) is 53.1. The molecular weight excluding hydrogens is 1100 g/mol. The molecule has 2 fully saturated rings. The van der Waals surface area contributed by atoms with Crippen LogP contribution in [0.25, 0.3) is 0 Å². The van der Waals surface area contributed by atoms with Gasteiger partial charge in [-0.2, -0.15) is 0 Å². The first-order valence-corrected chi connectivity index (χ1v) is 35.7. The van der Waals surface area contributed by atoms with Crippen molar-refractivity contribution in [2.45, 2.75) is 364 Å². The van der Waals surface area contributed by atoms with Gasteiger partial charge in [0.1, 0.15) is 48.8 Å². The fourth-order valence-electron chi connectivity index (χ4n) is 11.5. The van der Waals surface area contributed by atoms with Crippen LogP contribution in [0.15, 0.2) is 72.9 Å². The van der Waals surface area contributed by atoms with Gasteiger partial charge in [0.2, 0.25) is 5.91 Å². The Hall–Kier alpha value is -2.57. The fourth-order valence-corrected chi connectivity index (χ4v) is 11.5. The van der Waals surface area contributed by atoms with Crippen LogP contribution < -0.4 is 5.32 Å². The van der Waals surface area contributed by atoms with Gasteiger partial charge in [0.05, 0.1) is 32.0 Å². The van der Waals surface area contributed by atoms with Gasteiger partial charge in [-0.3, -0.25) is 4.79 Å². The zero-order valence-corrected chi connectivity index (χ0v) is 55.0. The first-order chi connectivity index (χ1) is 42.6. The fraction of sp³-hybridized carbons (Fsp3) is 0.822.